The summed E-state index contributed by atoms with van der Waals surface area (Å²) in [6.07, 6.45) is 12.9. The quantitative estimate of drug-likeness (QED) is 0.00939. The molecule has 2 saturated heterocycles. The van der Waals surface area contributed by atoms with E-state index in [0.29, 0.717) is 238 Å². The van der Waals surface area contributed by atoms with Crippen LogP contribution < -0.4 is 27.7 Å². The number of hydrogen-bond donors (Lipinski definition) is 7. The van der Waals surface area contributed by atoms with Crippen molar-refractivity contribution >= 4 is 100 Å². The van der Waals surface area contributed by atoms with Gasteiger partial charge in [-0.15, -0.1) is 12.8 Å². The summed E-state index contributed by atoms with van der Waals surface area (Å²) in [6, 6.07) is 14.6. The lowest BCUT2D eigenvalue weighted by atomic mass is 9.93. The second-order valence-corrected chi connectivity index (χ2v) is 27.9. The highest BCUT2D eigenvalue weighted by Crippen LogP contribution is 2.31. The lowest BCUT2D eigenvalue weighted by molar-refractivity contribution is -0.137. The third-order valence-corrected chi connectivity index (χ3v) is 18.8. The molecule has 0 bridgehead atoms. The Labute approximate surface area is 731 Å². The minimum Gasteiger partial charge on any atom is -0.394 e. The van der Waals surface area contributed by atoms with E-state index >= 15 is 0 Å². The summed E-state index contributed by atoms with van der Waals surface area (Å²) in [6.45, 7) is 13.3. The van der Waals surface area contributed by atoms with Gasteiger partial charge in [0.15, 0.2) is 5.78 Å². The number of Topliss-reactive ketones (excluding diaryl/α,β-unsaturated/α-hetero) is 2. The van der Waals surface area contributed by atoms with E-state index in [-0.39, 0.29) is 106 Å². The molecule has 37 nitrogen and oxygen atoms in total. The maximum atomic E-state index is 13.0. The number of halogens is 2. The standard InChI is InChI=1S/C24H35N3O8.C24H31N3O8.C14H13BrN2O3.C11H20O5.C8H18O5.C3H3Br/c2*1-26-22-18(5-3-10-32-12-14-34-16-17-35-15-13-33-11-9-28)4-2-6-19(22)27(24(26)31)20-7-8-21(29)25-23(20)30;1-16-13-9(15)3-2-4-11(13)17(14(16)20)10-6-5-8(18)7-12(10)19;1-2-4-13-6-8-15-10-11-16-9-7-14-5-3-12;9-1-3-11-5-7-13-8-6-12-4-2-10;1-2-3-4/h2,4,6,20,28H,3,5,7-17H2,1H3,(H,25,29,30);2,4,6,20,28H,7-17H2,1H3,(H,25,29,30);2-4,10H,5-7H2,1H3;1,12H,3-11H2;9-10H,1-8H2;1H,3H2. The zero-order valence-electron chi connectivity index (χ0n) is 70.4. The summed E-state index contributed by atoms with van der Waals surface area (Å²) < 4.78 is 88.1. The number of ketones is 2. The summed E-state index contributed by atoms with van der Waals surface area (Å²) in [4.78, 5) is 109. The minimum absolute atomic E-state index is 0.000915. The minimum atomic E-state index is -0.736. The molecule has 6 aromatic rings. The number of imidazole rings is 3. The summed E-state index contributed by atoms with van der Waals surface area (Å²) in [7, 11) is 5.03. The molecular formula is C84H120Br2N8O29. The average Bonchev–Trinajstić information content (AvgIpc) is 1.62. The number of alkyl halides is 1. The molecular weight excluding hydrogens is 1740 g/mol. The van der Waals surface area contributed by atoms with Gasteiger partial charge in [0.2, 0.25) is 23.6 Å². The normalized spacial score (nSPS) is 14.9. The van der Waals surface area contributed by atoms with Gasteiger partial charge in [-0.25, -0.2) is 14.4 Å². The van der Waals surface area contributed by atoms with E-state index in [1.807, 2.05) is 42.5 Å². The number of hydrogen-bond acceptors (Lipinski definition) is 29. The van der Waals surface area contributed by atoms with Crippen molar-refractivity contribution in [1.29, 1.82) is 0 Å². The molecule has 3 atom stereocenters. The molecule has 3 aromatic heterocycles. The Morgan fingerprint density at radius 3 is 1.11 bits per heavy atom. The van der Waals surface area contributed by atoms with E-state index in [9.17, 15) is 43.2 Å². The van der Waals surface area contributed by atoms with Gasteiger partial charge >= 0.3 is 17.1 Å². The van der Waals surface area contributed by atoms with Crippen molar-refractivity contribution in [2.24, 2.45) is 21.1 Å². The number of carbonyl (C=O) groups is 6. The Bertz CT molecular complexity index is 4410. The SMILES string of the molecule is C#CCBr.C#CCOCCOCCOCCOCCO.Cn1c(=O)n(C2CCC(=O)CC2=O)c2cccc(Br)c21.Cn1c(=O)n(C2CCC(=O)NC2=O)c2cccc(C#CCOCCOCCOCCOCCO)c21.Cn1c(=O)n(C2CCC(=O)NC2=O)c2cccc(CCCOCCOCCOCCOCCO)c21.OCCOCCOCCOCCO. The molecule has 3 unspecified atom stereocenters. The molecule has 0 spiro atoms. The van der Waals surface area contributed by atoms with Crippen LogP contribution in [0.5, 0.6) is 0 Å². The molecule has 3 fully saturated rings. The Morgan fingerprint density at radius 1 is 0.398 bits per heavy atom. The van der Waals surface area contributed by atoms with Crippen LogP contribution in [0.2, 0.25) is 0 Å². The molecule has 39 heteroatoms. The van der Waals surface area contributed by atoms with Crippen molar-refractivity contribution in [2.75, 3.05) is 237 Å². The predicted octanol–water partition coefficient (Wildman–Crippen LogP) is 1.72. The fourth-order valence-corrected chi connectivity index (χ4v) is 12.9. The monoisotopic (exact) mass is 1860 g/mol. The molecule has 1 aliphatic carbocycles. The number of nitrogens with one attached hydrogen (secondary N) is 2. The van der Waals surface area contributed by atoms with Crippen LogP contribution in [-0.4, -0.2) is 325 Å². The van der Waals surface area contributed by atoms with Crippen molar-refractivity contribution in [3.8, 4) is 36.5 Å². The van der Waals surface area contributed by atoms with Crippen LogP contribution in [0, 0.1) is 36.5 Å². The lowest BCUT2D eigenvalue weighted by Crippen LogP contribution is -2.44. The fraction of sp³-hybridized carbons (Fsp3) is 0.607. The van der Waals surface area contributed by atoms with Gasteiger partial charge < -0.3 is 96.6 Å². The average molecular weight is 1870 g/mol. The number of ether oxygens (including phenoxy) is 15. The van der Waals surface area contributed by atoms with Gasteiger partial charge in [0, 0.05) is 51.5 Å². The Kier molecular flexibility index (Phi) is 57.9. The number of carbonyl (C=O) groups excluding carboxylic acids is 6. The van der Waals surface area contributed by atoms with Crippen molar-refractivity contribution in [2.45, 2.75) is 75.9 Å². The van der Waals surface area contributed by atoms with Gasteiger partial charge in [-0.2, -0.15) is 0 Å². The molecule has 123 heavy (non-hydrogen) atoms. The van der Waals surface area contributed by atoms with E-state index in [0.717, 1.165) is 39.4 Å². The second-order valence-electron chi connectivity index (χ2n) is 26.5. The summed E-state index contributed by atoms with van der Waals surface area (Å²) in [5.74, 6) is 8.95. The van der Waals surface area contributed by atoms with Crippen molar-refractivity contribution in [3.63, 3.8) is 0 Å². The topological polar surface area (TPSA) is 447 Å². The number of fused-ring (bicyclic) bond motifs is 3. The number of rotatable bonds is 52. The first-order valence-corrected chi connectivity index (χ1v) is 42.3. The number of amides is 4. The predicted molar refractivity (Wildman–Crippen MR) is 459 cm³/mol. The third-order valence-electron chi connectivity index (χ3n) is 17.8. The molecule has 0 radical (unpaired) electrons. The fourth-order valence-electron chi connectivity index (χ4n) is 12.2. The maximum Gasteiger partial charge on any atom is 0.329 e. The molecule has 7 N–H and O–H groups in total. The van der Waals surface area contributed by atoms with Gasteiger partial charge in [0.25, 0.3) is 0 Å². The van der Waals surface area contributed by atoms with Crippen LogP contribution >= 0.6 is 31.9 Å². The summed E-state index contributed by atoms with van der Waals surface area (Å²) >= 11 is 6.44. The number of aliphatic hydroxyl groups is 5. The van der Waals surface area contributed by atoms with Gasteiger partial charge in [-0.05, 0) is 83.9 Å². The molecule has 3 aliphatic rings. The maximum absolute atomic E-state index is 13.0. The highest BCUT2D eigenvalue weighted by Gasteiger charge is 2.35. The number of benzene rings is 3. The molecule has 684 valence electrons. The molecule has 1 saturated carbocycles. The van der Waals surface area contributed by atoms with Crippen molar-refractivity contribution < 1.29 is 125 Å². The number of para-hydroxylation sites is 3. The number of terminal acetylenes is 2. The zero-order chi connectivity index (χ0) is 89.6. The zero-order valence-corrected chi connectivity index (χ0v) is 73.5. The molecule has 3 aromatic carbocycles. The molecule has 4 amide bonds. The van der Waals surface area contributed by atoms with E-state index < -0.39 is 29.9 Å². The van der Waals surface area contributed by atoms with Crippen LogP contribution in [-0.2, 0) is 127 Å². The van der Waals surface area contributed by atoms with Crippen LogP contribution in [0.3, 0.4) is 0 Å². The van der Waals surface area contributed by atoms with Crippen molar-refractivity contribution in [1.82, 2.24) is 38.0 Å². The Hall–Kier alpha value is -8.07. The van der Waals surface area contributed by atoms with Gasteiger partial charge in [-0.3, -0.25) is 66.8 Å². The highest BCUT2D eigenvalue weighted by molar-refractivity contribution is 9.10. The van der Waals surface area contributed by atoms with E-state index in [2.05, 4.69) is 66.2 Å². The van der Waals surface area contributed by atoms with Crippen molar-refractivity contribution in [3.05, 3.63) is 102 Å². The largest absolute Gasteiger partial charge is 0.394 e. The van der Waals surface area contributed by atoms with E-state index in [1.165, 1.54) is 22.8 Å². The number of nitrogens with zero attached hydrogens (tertiary/aromatic N) is 6. The molecule has 2 aliphatic heterocycles. The molecule has 9 rings (SSSR count). The van der Waals surface area contributed by atoms with E-state index in [4.69, 9.17) is 109 Å². The van der Waals surface area contributed by atoms with Crippen LogP contribution in [0.4, 0.5) is 0 Å². The third kappa shape index (κ3) is 40.0. The van der Waals surface area contributed by atoms with Crippen LogP contribution in [0.25, 0.3) is 33.1 Å². The molecule has 5 heterocycles. The Morgan fingerprint density at radius 2 is 0.724 bits per heavy atom. The van der Waals surface area contributed by atoms with Crippen LogP contribution in [0.15, 0.2) is 73.5 Å². The van der Waals surface area contributed by atoms with Gasteiger partial charge in [0.1, 0.15) is 31.1 Å². The number of aryl methyl sites for hydroxylation is 4. The summed E-state index contributed by atoms with van der Waals surface area (Å²) in [5, 5.41) is 47.6. The Balaban J connectivity index is 0.000000335. The van der Waals surface area contributed by atoms with E-state index in [1.54, 1.807) is 37.8 Å². The number of imide groups is 2. The first kappa shape index (κ1) is 107. The lowest BCUT2D eigenvalue weighted by Gasteiger charge is -2.21. The second kappa shape index (κ2) is 66.4. The number of aromatic nitrogens is 6. The van der Waals surface area contributed by atoms with Crippen LogP contribution in [0.1, 0.15) is 80.6 Å². The first-order valence-electron chi connectivity index (χ1n) is 40.4. The number of aliphatic hydroxyl groups excluding tert-OH is 5. The number of piperidine rings is 2. The van der Waals surface area contributed by atoms with Gasteiger partial charge in [0.05, 0.1) is 268 Å². The highest BCUT2D eigenvalue weighted by atomic mass is 79.9. The first-order chi connectivity index (χ1) is 59.8. The summed E-state index contributed by atoms with van der Waals surface area (Å²) in [5.41, 5.74) is 5.03. The van der Waals surface area contributed by atoms with Gasteiger partial charge in [-0.1, -0.05) is 63.9 Å². The smallest absolute Gasteiger partial charge is 0.329 e.